The third-order valence-corrected chi connectivity index (χ3v) is 5.02. The fourth-order valence-corrected chi connectivity index (χ4v) is 3.30. The van der Waals surface area contributed by atoms with Crippen LogP contribution in [0.25, 0.3) is 11.5 Å². The molecule has 10 nitrogen and oxygen atoms in total. The van der Waals surface area contributed by atoms with Gasteiger partial charge in [-0.3, -0.25) is 4.79 Å². The second-order valence-electron chi connectivity index (χ2n) is 6.45. The molecule has 3 aromatic rings. The van der Waals surface area contributed by atoms with E-state index in [9.17, 15) is 14.4 Å². The Morgan fingerprint density at radius 1 is 0.970 bits per heavy atom. The van der Waals surface area contributed by atoms with Gasteiger partial charge in [-0.1, -0.05) is 11.8 Å². The summed E-state index contributed by atoms with van der Waals surface area (Å²) < 4.78 is 20.4. The maximum absolute atomic E-state index is 12.4. The lowest BCUT2D eigenvalue weighted by molar-refractivity contribution is -0.113. The van der Waals surface area contributed by atoms with Crippen LogP contribution in [0.3, 0.4) is 0 Å². The zero-order valence-electron chi connectivity index (χ0n) is 18.1. The van der Waals surface area contributed by atoms with Crippen molar-refractivity contribution in [1.82, 2.24) is 10.2 Å². The maximum atomic E-state index is 12.4. The van der Waals surface area contributed by atoms with Crippen LogP contribution in [0, 0.1) is 0 Å². The summed E-state index contributed by atoms with van der Waals surface area (Å²) in [7, 11) is 2.43. The fourth-order valence-electron chi connectivity index (χ4n) is 2.74. The molecule has 0 unspecified atom stereocenters. The number of hydrogen-bond acceptors (Lipinski definition) is 10. The molecule has 0 radical (unpaired) electrons. The highest BCUT2D eigenvalue weighted by Gasteiger charge is 2.16. The van der Waals surface area contributed by atoms with Crippen LogP contribution in [0.4, 0.5) is 5.69 Å². The lowest BCUT2D eigenvalue weighted by atomic mass is 10.1. The second-order valence-corrected chi connectivity index (χ2v) is 7.38. The Kier molecular flexibility index (Phi) is 8.03. The average Bonchev–Trinajstić information content (AvgIpc) is 3.31. The van der Waals surface area contributed by atoms with Crippen LogP contribution >= 0.6 is 11.8 Å². The van der Waals surface area contributed by atoms with Crippen LogP contribution in [0.1, 0.15) is 27.6 Å². The number of methoxy groups -OCH3 is 2. The van der Waals surface area contributed by atoms with Gasteiger partial charge in [-0.2, -0.15) is 0 Å². The predicted octanol–water partition coefficient (Wildman–Crippen LogP) is 3.44. The van der Waals surface area contributed by atoms with Gasteiger partial charge in [-0.25, -0.2) is 9.59 Å². The number of ether oxygens (including phenoxy) is 3. The van der Waals surface area contributed by atoms with Crippen LogP contribution < -0.4 is 10.1 Å². The summed E-state index contributed by atoms with van der Waals surface area (Å²) in [6, 6.07) is 11.3. The van der Waals surface area contributed by atoms with Gasteiger partial charge in [0.25, 0.3) is 5.22 Å². The van der Waals surface area contributed by atoms with E-state index < -0.39 is 17.8 Å². The highest BCUT2D eigenvalue weighted by molar-refractivity contribution is 7.99. The molecule has 33 heavy (non-hydrogen) atoms. The molecule has 0 spiro atoms. The lowest BCUT2D eigenvalue weighted by Gasteiger charge is -2.09. The quantitative estimate of drug-likeness (QED) is 0.366. The number of benzene rings is 2. The molecule has 1 heterocycles. The minimum Gasteiger partial charge on any atom is -0.494 e. The van der Waals surface area contributed by atoms with Crippen molar-refractivity contribution in [3.8, 4) is 17.2 Å². The highest BCUT2D eigenvalue weighted by atomic mass is 32.2. The van der Waals surface area contributed by atoms with Crippen molar-refractivity contribution >= 4 is 35.3 Å². The van der Waals surface area contributed by atoms with Gasteiger partial charge in [-0.15, -0.1) is 10.2 Å². The number of carbonyl (C=O) groups is 3. The molecule has 0 aliphatic carbocycles. The number of thioether (sulfide) groups is 1. The molecule has 172 valence electrons. The summed E-state index contributed by atoms with van der Waals surface area (Å²) in [5, 5.41) is 10.8. The molecular weight excluding hydrogens is 450 g/mol. The van der Waals surface area contributed by atoms with Crippen molar-refractivity contribution in [1.29, 1.82) is 0 Å². The SMILES string of the molecule is CCOc1ccc(-c2nnc(SCC(=O)Nc3cc(C(=O)OC)cc(C(=O)OC)c3)o2)cc1. The number of nitrogens with zero attached hydrogens (tertiary/aromatic N) is 2. The molecular formula is C22H21N3O7S. The van der Waals surface area contributed by atoms with E-state index in [0.717, 1.165) is 23.1 Å². The smallest absolute Gasteiger partial charge is 0.337 e. The average molecular weight is 471 g/mol. The number of nitrogens with one attached hydrogen (secondary N) is 1. The van der Waals surface area contributed by atoms with Crippen molar-refractivity contribution < 1.29 is 33.0 Å². The molecule has 1 amide bonds. The van der Waals surface area contributed by atoms with E-state index in [0.29, 0.717) is 12.5 Å². The lowest BCUT2D eigenvalue weighted by Crippen LogP contribution is -2.16. The molecule has 3 rings (SSSR count). The Balaban J connectivity index is 1.63. The summed E-state index contributed by atoms with van der Waals surface area (Å²) >= 11 is 1.04. The molecule has 0 atom stereocenters. The highest BCUT2D eigenvalue weighted by Crippen LogP contribution is 2.25. The van der Waals surface area contributed by atoms with Crippen LogP contribution in [0.15, 0.2) is 52.1 Å². The molecule has 0 saturated heterocycles. The molecule has 0 fully saturated rings. The van der Waals surface area contributed by atoms with E-state index in [1.165, 1.54) is 32.4 Å². The van der Waals surface area contributed by atoms with Gasteiger partial charge in [0.05, 0.1) is 37.7 Å². The fraction of sp³-hybridized carbons (Fsp3) is 0.227. The van der Waals surface area contributed by atoms with Gasteiger partial charge in [0, 0.05) is 11.3 Å². The Morgan fingerprint density at radius 3 is 2.18 bits per heavy atom. The van der Waals surface area contributed by atoms with Crippen molar-refractivity contribution in [3.63, 3.8) is 0 Å². The molecule has 2 aromatic carbocycles. The van der Waals surface area contributed by atoms with E-state index >= 15 is 0 Å². The van der Waals surface area contributed by atoms with Crippen LogP contribution in [-0.4, -0.2) is 54.6 Å². The van der Waals surface area contributed by atoms with Crippen molar-refractivity contribution in [2.45, 2.75) is 12.1 Å². The molecule has 0 bridgehead atoms. The third kappa shape index (κ3) is 6.32. The minimum atomic E-state index is -0.654. The first kappa shape index (κ1) is 23.8. The summed E-state index contributed by atoms with van der Waals surface area (Å²) in [4.78, 5) is 36.1. The van der Waals surface area contributed by atoms with E-state index in [1.54, 1.807) is 24.3 Å². The number of amides is 1. The predicted molar refractivity (Wildman–Crippen MR) is 119 cm³/mol. The molecule has 0 aliphatic heterocycles. The van der Waals surface area contributed by atoms with Crippen molar-refractivity contribution in [2.24, 2.45) is 0 Å². The number of carbonyl (C=O) groups excluding carboxylic acids is 3. The van der Waals surface area contributed by atoms with Gasteiger partial charge in [0.15, 0.2) is 0 Å². The van der Waals surface area contributed by atoms with Gasteiger partial charge in [0.2, 0.25) is 11.8 Å². The molecule has 11 heteroatoms. The van der Waals surface area contributed by atoms with Crippen LogP contribution in [-0.2, 0) is 14.3 Å². The first-order valence-corrected chi connectivity index (χ1v) is 10.7. The third-order valence-electron chi connectivity index (χ3n) is 4.20. The Labute approximate surface area is 193 Å². The molecule has 0 aliphatic rings. The van der Waals surface area contributed by atoms with Gasteiger partial charge in [-0.05, 0) is 49.4 Å². The number of aromatic nitrogens is 2. The summed E-state index contributed by atoms with van der Waals surface area (Å²) in [6.07, 6.45) is 0. The Bertz CT molecular complexity index is 1110. The molecule has 1 N–H and O–H groups in total. The standard InChI is InChI=1S/C22H21N3O7S/c1-4-31-17-7-5-13(6-8-17)19-24-25-22(32-19)33-12-18(26)23-16-10-14(20(27)29-2)9-15(11-16)21(28)30-3/h5-11H,4,12H2,1-3H3,(H,23,26). The Morgan fingerprint density at radius 2 is 1.61 bits per heavy atom. The first-order chi connectivity index (χ1) is 15.9. The largest absolute Gasteiger partial charge is 0.494 e. The summed E-state index contributed by atoms with van der Waals surface area (Å²) in [6.45, 7) is 2.47. The van der Waals surface area contributed by atoms with Gasteiger partial charge < -0.3 is 23.9 Å². The van der Waals surface area contributed by atoms with E-state index in [2.05, 4.69) is 25.0 Å². The molecule has 1 aromatic heterocycles. The second kappa shape index (κ2) is 11.1. The maximum Gasteiger partial charge on any atom is 0.337 e. The number of anilines is 1. The van der Waals surface area contributed by atoms with Crippen molar-refractivity contribution in [2.75, 3.05) is 31.9 Å². The summed E-state index contributed by atoms with van der Waals surface area (Å²) in [5.41, 5.74) is 1.15. The van der Waals surface area contributed by atoms with Crippen LogP contribution in [0.5, 0.6) is 5.75 Å². The normalized spacial score (nSPS) is 10.4. The molecule has 0 saturated carbocycles. The monoisotopic (exact) mass is 471 g/mol. The topological polar surface area (TPSA) is 130 Å². The van der Waals surface area contributed by atoms with E-state index in [1.807, 2.05) is 6.92 Å². The number of hydrogen-bond donors (Lipinski definition) is 1. The van der Waals surface area contributed by atoms with Gasteiger partial charge >= 0.3 is 11.9 Å². The Hall–Kier alpha value is -3.86. The number of esters is 2. The van der Waals surface area contributed by atoms with E-state index in [-0.39, 0.29) is 27.8 Å². The van der Waals surface area contributed by atoms with Crippen LogP contribution in [0.2, 0.25) is 0 Å². The minimum absolute atomic E-state index is 0.0408. The summed E-state index contributed by atoms with van der Waals surface area (Å²) in [5.74, 6) is -0.704. The van der Waals surface area contributed by atoms with E-state index in [4.69, 9.17) is 9.15 Å². The first-order valence-electron chi connectivity index (χ1n) is 9.74. The zero-order chi connectivity index (χ0) is 23.8. The number of rotatable bonds is 9. The van der Waals surface area contributed by atoms with Crippen molar-refractivity contribution in [3.05, 3.63) is 53.6 Å². The zero-order valence-corrected chi connectivity index (χ0v) is 18.9. The van der Waals surface area contributed by atoms with Gasteiger partial charge in [0.1, 0.15) is 5.75 Å².